The fourth-order valence-electron chi connectivity index (χ4n) is 4.31. The van der Waals surface area contributed by atoms with Gasteiger partial charge in [0.25, 0.3) is 0 Å². The van der Waals surface area contributed by atoms with Crippen LogP contribution in [0.25, 0.3) is 0 Å². The minimum absolute atomic E-state index is 0.0913. The average molecular weight is 479 g/mol. The predicted molar refractivity (Wildman–Crippen MR) is 121 cm³/mol. The number of hydrogen-bond donors (Lipinski definition) is 5. The van der Waals surface area contributed by atoms with E-state index in [-0.39, 0.29) is 17.9 Å². The first-order valence-electron chi connectivity index (χ1n) is 11.8. The van der Waals surface area contributed by atoms with E-state index in [9.17, 15) is 20.4 Å². The van der Waals surface area contributed by atoms with Crippen LogP contribution in [0.4, 0.5) is 0 Å². The van der Waals surface area contributed by atoms with E-state index >= 15 is 0 Å². The van der Waals surface area contributed by atoms with Crippen LogP contribution in [0.3, 0.4) is 0 Å². The normalized spacial score (nSPS) is 28.3. The van der Waals surface area contributed by atoms with Gasteiger partial charge in [0.05, 0.1) is 19.8 Å². The molecule has 3 heterocycles. The summed E-state index contributed by atoms with van der Waals surface area (Å²) < 4.78 is 23.1. The Labute approximate surface area is 198 Å². The molecule has 188 valence electrons. The van der Waals surface area contributed by atoms with Crippen molar-refractivity contribution in [2.45, 2.75) is 75.8 Å². The molecule has 0 saturated carbocycles. The van der Waals surface area contributed by atoms with E-state index in [0.717, 1.165) is 35.4 Å². The molecule has 1 aromatic carbocycles. The highest BCUT2D eigenvalue weighted by atomic mass is 16.7. The zero-order valence-corrected chi connectivity index (χ0v) is 19.5. The number of ether oxygens (including phenoxy) is 4. The van der Waals surface area contributed by atoms with Crippen molar-refractivity contribution in [1.82, 2.24) is 10.2 Å². The van der Waals surface area contributed by atoms with Crippen molar-refractivity contribution in [3.8, 4) is 11.6 Å². The Hall–Kier alpha value is -2.21. The maximum Gasteiger partial charge on any atom is 0.238 e. The lowest BCUT2D eigenvalue weighted by atomic mass is 9.98. The number of rotatable bonds is 8. The van der Waals surface area contributed by atoms with Crippen LogP contribution in [0.2, 0.25) is 0 Å². The third-order valence-corrected chi connectivity index (χ3v) is 6.32. The van der Waals surface area contributed by atoms with Crippen molar-refractivity contribution in [2.75, 3.05) is 19.8 Å². The van der Waals surface area contributed by atoms with Crippen LogP contribution in [0.15, 0.2) is 24.3 Å². The highest BCUT2D eigenvalue weighted by Gasteiger charge is 2.45. The Balaban J connectivity index is 1.58. The number of aromatic amines is 1. The van der Waals surface area contributed by atoms with E-state index in [1.807, 2.05) is 38.1 Å². The highest BCUT2D eigenvalue weighted by Crippen LogP contribution is 2.33. The zero-order chi connectivity index (χ0) is 24.2. The largest absolute Gasteiger partial charge is 0.490 e. The second kappa shape index (κ2) is 11.0. The summed E-state index contributed by atoms with van der Waals surface area (Å²) in [6.07, 6.45) is -4.67. The Kier molecular flexibility index (Phi) is 8.07. The molecule has 2 aliphatic rings. The molecule has 5 N–H and O–H groups in total. The smallest absolute Gasteiger partial charge is 0.238 e. The second-order valence-electron chi connectivity index (χ2n) is 9.10. The van der Waals surface area contributed by atoms with Crippen molar-refractivity contribution in [2.24, 2.45) is 0 Å². The van der Waals surface area contributed by atoms with Gasteiger partial charge in [-0.3, -0.25) is 5.10 Å². The van der Waals surface area contributed by atoms with Gasteiger partial charge in [0.15, 0.2) is 0 Å². The summed E-state index contributed by atoms with van der Waals surface area (Å²) in [5, 5.41) is 47.3. The molecular weight excluding hydrogens is 444 g/mol. The Bertz CT molecular complexity index is 927. The quantitative estimate of drug-likeness (QED) is 0.373. The average Bonchev–Trinajstić information content (AvgIpc) is 3.23. The molecule has 2 saturated heterocycles. The van der Waals surface area contributed by atoms with E-state index in [2.05, 4.69) is 10.2 Å². The maximum absolute atomic E-state index is 10.4. The number of aliphatic hydroxyl groups excluding tert-OH is 4. The van der Waals surface area contributed by atoms with Crippen LogP contribution in [0, 0.1) is 0 Å². The molecule has 0 unspecified atom stereocenters. The third-order valence-electron chi connectivity index (χ3n) is 6.32. The summed E-state index contributed by atoms with van der Waals surface area (Å²) in [6, 6.07) is 7.81. The van der Waals surface area contributed by atoms with Crippen LogP contribution in [0.5, 0.6) is 11.6 Å². The van der Waals surface area contributed by atoms with Crippen molar-refractivity contribution < 1.29 is 39.4 Å². The number of H-pyrrole nitrogens is 1. The molecule has 10 heteroatoms. The van der Waals surface area contributed by atoms with Crippen molar-refractivity contribution >= 4 is 0 Å². The molecule has 0 bridgehead atoms. The lowest BCUT2D eigenvalue weighted by molar-refractivity contribution is -0.278. The summed E-state index contributed by atoms with van der Waals surface area (Å²) in [6.45, 7) is 4.89. The monoisotopic (exact) mass is 478 g/mol. The summed E-state index contributed by atoms with van der Waals surface area (Å²) in [5.41, 5.74) is 2.59. The standard InChI is InChI=1S/C24H34N2O8/c1-13(2)19-16(11-14-5-3-4-6-17(14)32-15-7-9-31-10-8-15)23(26-25-19)34-24-22(30)21(29)20(28)18(12-27)33-24/h3-6,13,15,18,20-22,24,27-30H,7-12H2,1-2H3,(H,25,26)/t18-,20-,21+,22-,24+/m1/s1. The minimum atomic E-state index is -1.53. The predicted octanol–water partition coefficient (Wildman–Crippen LogP) is 0.860. The van der Waals surface area contributed by atoms with Crippen LogP contribution >= 0.6 is 0 Å². The van der Waals surface area contributed by atoms with E-state index in [1.54, 1.807) is 0 Å². The van der Waals surface area contributed by atoms with Crippen LogP contribution in [-0.2, 0) is 15.9 Å². The highest BCUT2D eigenvalue weighted by molar-refractivity contribution is 5.43. The van der Waals surface area contributed by atoms with Crippen LogP contribution in [0.1, 0.15) is 49.4 Å². The Morgan fingerprint density at radius 2 is 1.79 bits per heavy atom. The fourth-order valence-corrected chi connectivity index (χ4v) is 4.31. The first-order chi connectivity index (χ1) is 16.4. The van der Waals surface area contributed by atoms with E-state index in [1.165, 1.54) is 0 Å². The fraction of sp³-hybridized carbons (Fsp3) is 0.625. The van der Waals surface area contributed by atoms with Gasteiger partial charge in [-0.2, -0.15) is 0 Å². The number of aliphatic hydroxyl groups is 4. The zero-order valence-electron chi connectivity index (χ0n) is 19.5. The molecule has 2 fully saturated rings. The molecule has 0 aliphatic carbocycles. The number of benzene rings is 1. The van der Waals surface area contributed by atoms with Gasteiger partial charge in [-0.05, 0) is 17.5 Å². The van der Waals surface area contributed by atoms with Gasteiger partial charge < -0.3 is 39.4 Å². The van der Waals surface area contributed by atoms with Crippen LogP contribution < -0.4 is 9.47 Å². The molecule has 0 radical (unpaired) electrons. The SMILES string of the molecule is CC(C)c1[nH]nc(O[C@@H]2O[C@H](CO)[C@@H](O)[C@H](O)[C@H]2O)c1Cc1ccccc1OC1CCOCC1. The van der Waals surface area contributed by atoms with Gasteiger partial charge in [-0.1, -0.05) is 32.0 Å². The molecule has 10 nitrogen and oxygen atoms in total. The number of para-hydroxylation sites is 1. The van der Waals surface area contributed by atoms with Crippen molar-refractivity contribution in [3.05, 3.63) is 41.1 Å². The summed E-state index contributed by atoms with van der Waals surface area (Å²) in [4.78, 5) is 0. The maximum atomic E-state index is 10.4. The van der Waals surface area contributed by atoms with Gasteiger partial charge in [-0.25, -0.2) is 0 Å². The van der Waals surface area contributed by atoms with Gasteiger partial charge in [0.1, 0.15) is 36.3 Å². The molecule has 2 aliphatic heterocycles. The molecule has 0 amide bonds. The number of hydrogen-bond acceptors (Lipinski definition) is 9. The lowest BCUT2D eigenvalue weighted by Gasteiger charge is -2.39. The second-order valence-corrected chi connectivity index (χ2v) is 9.10. The van der Waals surface area contributed by atoms with Gasteiger partial charge in [0.2, 0.25) is 12.2 Å². The molecule has 4 rings (SSSR count). The first kappa shape index (κ1) is 24.9. The third kappa shape index (κ3) is 5.37. The Morgan fingerprint density at radius 3 is 2.50 bits per heavy atom. The topological polar surface area (TPSA) is 147 Å². The number of aromatic nitrogens is 2. The summed E-state index contributed by atoms with van der Waals surface area (Å²) in [5.74, 6) is 1.11. The minimum Gasteiger partial charge on any atom is -0.490 e. The van der Waals surface area contributed by atoms with E-state index in [4.69, 9.17) is 18.9 Å². The van der Waals surface area contributed by atoms with Crippen molar-refractivity contribution in [1.29, 1.82) is 0 Å². The number of nitrogens with one attached hydrogen (secondary N) is 1. The van der Waals surface area contributed by atoms with Crippen LogP contribution in [-0.4, -0.2) is 87.3 Å². The molecule has 1 aromatic heterocycles. The van der Waals surface area contributed by atoms with E-state index in [0.29, 0.717) is 19.6 Å². The lowest BCUT2D eigenvalue weighted by Crippen LogP contribution is -2.60. The van der Waals surface area contributed by atoms with Gasteiger partial charge >= 0.3 is 0 Å². The van der Waals surface area contributed by atoms with Gasteiger partial charge in [-0.15, -0.1) is 5.10 Å². The first-order valence-corrected chi connectivity index (χ1v) is 11.8. The van der Waals surface area contributed by atoms with Gasteiger partial charge in [0, 0.05) is 30.5 Å². The molecule has 2 aromatic rings. The molecule has 5 atom stereocenters. The van der Waals surface area contributed by atoms with Crippen molar-refractivity contribution in [3.63, 3.8) is 0 Å². The molecule has 34 heavy (non-hydrogen) atoms. The Morgan fingerprint density at radius 1 is 1.06 bits per heavy atom. The van der Waals surface area contributed by atoms with E-state index < -0.39 is 37.3 Å². The molecule has 0 spiro atoms. The summed E-state index contributed by atoms with van der Waals surface area (Å²) in [7, 11) is 0. The number of nitrogens with zero attached hydrogens (tertiary/aromatic N) is 1. The summed E-state index contributed by atoms with van der Waals surface area (Å²) >= 11 is 0. The molecular formula is C24H34N2O8.